The first kappa shape index (κ1) is 24.1. The van der Waals surface area contributed by atoms with Crippen LogP contribution in [0.25, 0.3) is 0 Å². The van der Waals surface area contributed by atoms with Crippen molar-refractivity contribution < 1.29 is 17.6 Å². The van der Waals surface area contributed by atoms with Gasteiger partial charge in [0.15, 0.2) is 0 Å². The van der Waals surface area contributed by atoms with E-state index in [-0.39, 0.29) is 0 Å². The Hall–Kier alpha value is 0.0869. The van der Waals surface area contributed by atoms with Crippen molar-refractivity contribution in [1.82, 2.24) is 0 Å². The molecule has 6 heteroatoms. The Labute approximate surface area is 151 Å². The van der Waals surface area contributed by atoms with Gasteiger partial charge < -0.3 is 0 Å². The van der Waals surface area contributed by atoms with Gasteiger partial charge in [0, 0.05) is 8.07 Å². The van der Waals surface area contributed by atoms with Crippen molar-refractivity contribution in [3.8, 4) is 0 Å². The minimum Gasteiger partial charge on any atom is -0.220 e. The van der Waals surface area contributed by atoms with Crippen LogP contribution in [-0.4, -0.2) is 29.4 Å². The molecule has 0 aliphatic rings. The molecular formula is C18H40O4SSi. The minimum absolute atomic E-state index is 0.352. The van der Waals surface area contributed by atoms with Crippen molar-refractivity contribution in [2.45, 2.75) is 103 Å². The molecule has 0 amide bonds. The van der Waals surface area contributed by atoms with Gasteiger partial charge >= 0.3 is 0 Å². The third-order valence-corrected chi connectivity index (χ3v) is 6.27. The van der Waals surface area contributed by atoms with Crippen molar-refractivity contribution >= 4 is 18.2 Å². The quantitative estimate of drug-likeness (QED) is 0.136. The van der Waals surface area contributed by atoms with Crippen LogP contribution in [0.2, 0.25) is 25.7 Å². The third-order valence-electron chi connectivity index (χ3n) is 4.08. The number of rotatable bonds is 17. The summed E-state index contributed by atoms with van der Waals surface area (Å²) in [4.78, 5) is 4.63. The van der Waals surface area contributed by atoms with Crippen molar-refractivity contribution in [3.63, 3.8) is 0 Å². The van der Waals surface area contributed by atoms with Gasteiger partial charge in [0.1, 0.15) is 0 Å². The Morgan fingerprint density at radius 3 is 1.42 bits per heavy atom. The molecule has 0 bridgehead atoms. The smallest absolute Gasteiger partial charge is 0.220 e. The van der Waals surface area contributed by atoms with Gasteiger partial charge in [-0.25, -0.2) is 4.89 Å². The number of unbranched alkanes of at least 4 members (excludes halogenated alkanes) is 11. The zero-order valence-corrected chi connectivity index (χ0v) is 18.3. The van der Waals surface area contributed by atoms with E-state index in [0.29, 0.717) is 6.61 Å². The summed E-state index contributed by atoms with van der Waals surface area (Å²) in [5.41, 5.74) is 0. The molecule has 24 heavy (non-hydrogen) atoms. The first-order valence-electron chi connectivity index (χ1n) is 9.72. The molecule has 0 saturated carbocycles. The Kier molecular flexibility index (Phi) is 14.3. The van der Waals surface area contributed by atoms with Crippen LogP contribution in [0.4, 0.5) is 0 Å². The summed E-state index contributed by atoms with van der Waals surface area (Å²) in [6, 6.07) is 1.48. The van der Waals surface area contributed by atoms with Crippen LogP contribution in [-0.2, 0) is 19.3 Å². The summed E-state index contributed by atoms with van der Waals surface area (Å²) in [6.45, 7) is 7.74. The van der Waals surface area contributed by atoms with E-state index in [0.717, 1.165) is 19.1 Å². The Bertz CT molecular complexity index is 377. The summed E-state index contributed by atoms with van der Waals surface area (Å²) < 4.78 is 25.5. The Morgan fingerprint density at radius 1 is 0.667 bits per heavy atom. The van der Waals surface area contributed by atoms with E-state index in [2.05, 4.69) is 28.9 Å². The highest BCUT2D eigenvalue weighted by Crippen LogP contribution is 2.16. The predicted octanol–water partition coefficient (Wildman–Crippen LogP) is 5.91. The molecular weight excluding hydrogens is 340 g/mol. The monoisotopic (exact) mass is 380 g/mol. The molecule has 0 heterocycles. The average molecular weight is 381 g/mol. The molecule has 0 rings (SSSR count). The Balaban J connectivity index is 3.10. The molecule has 0 fully saturated rings. The molecule has 0 unspecified atom stereocenters. The van der Waals surface area contributed by atoms with Gasteiger partial charge in [-0.1, -0.05) is 96.3 Å². The predicted molar refractivity (Wildman–Crippen MR) is 105 cm³/mol. The third kappa shape index (κ3) is 22.1. The standard InChI is InChI=1S/C18H40O4SSi/c1-23(19,20)22-21-17-15-13-11-9-7-5-6-8-10-12-14-16-18-24(2,3)4/h5-18H2,1-4H3. The second-order valence-electron chi connectivity index (χ2n) is 8.15. The van der Waals surface area contributed by atoms with Crippen LogP contribution >= 0.6 is 0 Å². The van der Waals surface area contributed by atoms with Gasteiger partial charge in [-0.05, 0) is 6.42 Å². The summed E-state index contributed by atoms with van der Waals surface area (Å²) in [7, 11) is -4.28. The summed E-state index contributed by atoms with van der Waals surface area (Å²) >= 11 is 0. The minimum atomic E-state index is -3.47. The van der Waals surface area contributed by atoms with Gasteiger partial charge in [0.05, 0.1) is 12.9 Å². The van der Waals surface area contributed by atoms with E-state index < -0.39 is 18.2 Å². The Morgan fingerprint density at radius 2 is 1.04 bits per heavy atom. The van der Waals surface area contributed by atoms with Gasteiger partial charge in [-0.15, -0.1) is 4.33 Å². The van der Waals surface area contributed by atoms with E-state index in [1.807, 2.05) is 0 Å². The van der Waals surface area contributed by atoms with Crippen LogP contribution in [0.1, 0.15) is 77.0 Å². The van der Waals surface area contributed by atoms with Crippen LogP contribution in [0.3, 0.4) is 0 Å². The van der Waals surface area contributed by atoms with E-state index in [9.17, 15) is 8.42 Å². The lowest BCUT2D eigenvalue weighted by Gasteiger charge is -2.14. The highest BCUT2D eigenvalue weighted by atomic mass is 32.2. The second kappa shape index (κ2) is 14.3. The second-order valence-corrected chi connectivity index (χ2v) is 15.3. The highest BCUT2D eigenvalue weighted by molar-refractivity contribution is 7.85. The normalized spacial score (nSPS) is 12.7. The molecule has 0 atom stereocenters. The zero-order valence-electron chi connectivity index (χ0n) is 16.4. The molecule has 0 aromatic rings. The topological polar surface area (TPSA) is 52.6 Å². The van der Waals surface area contributed by atoms with Crippen molar-refractivity contribution in [1.29, 1.82) is 0 Å². The molecule has 0 aromatic carbocycles. The molecule has 0 spiro atoms. The van der Waals surface area contributed by atoms with E-state index >= 15 is 0 Å². The van der Waals surface area contributed by atoms with Crippen LogP contribution in [0.15, 0.2) is 0 Å². The molecule has 0 aliphatic carbocycles. The van der Waals surface area contributed by atoms with E-state index in [4.69, 9.17) is 0 Å². The molecule has 0 saturated heterocycles. The number of hydrogen-bond acceptors (Lipinski definition) is 4. The summed E-state index contributed by atoms with van der Waals surface area (Å²) in [6.07, 6.45) is 16.5. The highest BCUT2D eigenvalue weighted by Gasteiger charge is 2.11. The van der Waals surface area contributed by atoms with Crippen molar-refractivity contribution in [2.24, 2.45) is 0 Å². The largest absolute Gasteiger partial charge is 0.290 e. The first-order valence-corrected chi connectivity index (χ1v) is 15.2. The molecule has 0 radical (unpaired) electrons. The molecule has 0 aliphatic heterocycles. The first-order chi connectivity index (χ1) is 11.2. The SMILES string of the molecule is C[Si](C)(C)CCCCCCCCCCCCCCOOS(C)(=O)=O. The van der Waals surface area contributed by atoms with Crippen LogP contribution in [0, 0.1) is 0 Å². The maximum atomic E-state index is 10.7. The lowest BCUT2D eigenvalue weighted by molar-refractivity contribution is -0.201. The van der Waals surface area contributed by atoms with E-state index in [1.165, 1.54) is 70.3 Å². The fourth-order valence-electron chi connectivity index (χ4n) is 2.71. The fraction of sp³-hybridized carbons (Fsp3) is 1.00. The summed E-state index contributed by atoms with van der Waals surface area (Å²) in [5, 5.41) is 0. The molecule has 0 aromatic heterocycles. The van der Waals surface area contributed by atoms with Crippen LogP contribution in [0.5, 0.6) is 0 Å². The van der Waals surface area contributed by atoms with Gasteiger partial charge in [0.2, 0.25) is 0 Å². The lowest BCUT2D eigenvalue weighted by atomic mass is 10.1. The lowest BCUT2D eigenvalue weighted by Crippen LogP contribution is -2.18. The fourth-order valence-corrected chi connectivity index (χ4v) is 4.26. The zero-order chi connectivity index (χ0) is 18.3. The molecule has 0 N–H and O–H groups in total. The average Bonchev–Trinajstić information content (AvgIpc) is 2.44. The van der Waals surface area contributed by atoms with E-state index in [1.54, 1.807) is 0 Å². The molecule has 146 valence electrons. The maximum Gasteiger partial charge on any atom is 0.290 e. The summed E-state index contributed by atoms with van der Waals surface area (Å²) in [5.74, 6) is 0. The van der Waals surface area contributed by atoms with Gasteiger partial charge in [-0.3, -0.25) is 0 Å². The number of hydrogen-bond donors (Lipinski definition) is 0. The molecule has 4 nitrogen and oxygen atoms in total. The maximum absolute atomic E-state index is 10.7. The van der Waals surface area contributed by atoms with Gasteiger partial charge in [0.25, 0.3) is 10.1 Å². The van der Waals surface area contributed by atoms with Crippen molar-refractivity contribution in [3.05, 3.63) is 0 Å². The van der Waals surface area contributed by atoms with Crippen LogP contribution < -0.4 is 0 Å². The van der Waals surface area contributed by atoms with Gasteiger partial charge in [-0.2, -0.15) is 8.42 Å². The van der Waals surface area contributed by atoms with Crippen molar-refractivity contribution in [2.75, 3.05) is 12.9 Å².